The summed E-state index contributed by atoms with van der Waals surface area (Å²) in [5.41, 5.74) is 1.83. The molecule has 0 aliphatic carbocycles. The van der Waals surface area contributed by atoms with Gasteiger partial charge in [-0.2, -0.15) is 0 Å². The number of nitrogens with one attached hydrogen (secondary N) is 1. The maximum atomic E-state index is 12.5. The lowest BCUT2D eigenvalue weighted by molar-refractivity contribution is 0.0487. The Labute approximate surface area is 165 Å². The highest BCUT2D eigenvalue weighted by atomic mass is 16.6. The van der Waals surface area contributed by atoms with Gasteiger partial charge in [0.2, 0.25) is 0 Å². The molecule has 0 fully saturated rings. The molecule has 0 saturated carbocycles. The van der Waals surface area contributed by atoms with Gasteiger partial charge in [-0.3, -0.25) is 4.98 Å². The number of ether oxygens (including phenoxy) is 1. The third-order valence-corrected chi connectivity index (χ3v) is 4.43. The second-order valence-corrected chi connectivity index (χ2v) is 7.75. The van der Waals surface area contributed by atoms with E-state index in [1.807, 2.05) is 87.5 Å². The molecule has 5 heteroatoms. The number of benzene rings is 2. The van der Waals surface area contributed by atoms with Crippen LogP contribution in [0, 0.1) is 0 Å². The molecule has 1 amide bonds. The van der Waals surface area contributed by atoms with Gasteiger partial charge in [0, 0.05) is 17.0 Å². The van der Waals surface area contributed by atoms with Crippen LogP contribution in [0.1, 0.15) is 44.0 Å². The van der Waals surface area contributed by atoms with Gasteiger partial charge in [-0.05, 0) is 38.5 Å². The smallest absolute Gasteiger partial charge is 0.408 e. The molecular formula is C23H26N2O3. The number of aliphatic hydroxyl groups is 1. The summed E-state index contributed by atoms with van der Waals surface area (Å²) < 4.78 is 5.44. The Bertz CT molecular complexity index is 935. The number of amides is 1. The van der Waals surface area contributed by atoms with Crippen LogP contribution in [-0.2, 0) is 4.74 Å². The first kappa shape index (κ1) is 19.8. The van der Waals surface area contributed by atoms with E-state index in [0.717, 1.165) is 16.5 Å². The van der Waals surface area contributed by atoms with Gasteiger partial charge in [-0.15, -0.1) is 0 Å². The highest BCUT2D eigenvalue weighted by molar-refractivity contribution is 5.78. The molecule has 5 nitrogen and oxygen atoms in total. The summed E-state index contributed by atoms with van der Waals surface area (Å²) in [6.45, 7) is 5.29. The number of hydrogen-bond donors (Lipinski definition) is 2. The van der Waals surface area contributed by atoms with Crippen molar-refractivity contribution in [1.82, 2.24) is 10.3 Å². The Balaban J connectivity index is 1.97. The molecule has 0 spiro atoms. The number of aliphatic hydroxyl groups excluding tert-OH is 1. The van der Waals surface area contributed by atoms with Gasteiger partial charge in [-0.1, -0.05) is 54.6 Å². The van der Waals surface area contributed by atoms with E-state index in [0.29, 0.717) is 5.69 Å². The minimum absolute atomic E-state index is 0.166. The van der Waals surface area contributed by atoms with Crippen LogP contribution in [0.2, 0.25) is 0 Å². The molecular weight excluding hydrogens is 352 g/mol. The van der Waals surface area contributed by atoms with E-state index in [1.54, 1.807) is 0 Å². The monoisotopic (exact) mass is 378 g/mol. The topological polar surface area (TPSA) is 71.5 Å². The molecule has 3 rings (SSSR count). The molecule has 0 saturated heterocycles. The largest absolute Gasteiger partial charge is 0.444 e. The minimum Gasteiger partial charge on any atom is -0.444 e. The molecule has 0 aliphatic heterocycles. The van der Waals surface area contributed by atoms with E-state index in [4.69, 9.17) is 9.72 Å². The van der Waals surface area contributed by atoms with Crippen molar-refractivity contribution in [3.63, 3.8) is 0 Å². The molecule has 2 atom stereocenters. The Morgan fingerprint density at radius 3 is 2.39 bits per heavy atom. The molecule has 2 aromatic carbocycles. The molecule has 28 heavy (non-hydrogen) atoms. The number of nitrogens with zero attached hydrogens (tertiary/aromatic N) is 1. The van der Waals surface area contributed by atoms with Crippen molar-refractivity contribution in [2.24, 2.45) is 0 Å². The van der Waals surface area contributed by atoms with Gasteiger partial charge in [-0.25, -0.2) is 4.79 Å². The average molecular weight is 378 g/mol. The number of carbonyl (C=O) groups excluding carboxylic acids is 1. The normalized spacial score (nSPS) is 13.7. The Morgan fingerprint density at radius 2 is 1.71 bits per heavy atom. The molecule has 1 aromatic heterocycles. The van der Waals surface area contributed by atoms with Crippen molar-refractivity contribution in [3.05, 3.63) is 78.0 Å². The lowest BCUT2D eigenvalue weighted by Gasteiger charge is -2.28. The van der Waals surface area contributed by atoms with Crippen LogP contribution in [0.3, 0.4) is 0 Å². The maximum absolute atomic E-state index is 12.5. The van der Waals surface area contributed by atoms with E-state index >= 15 is 0 Å². The number of pyridine rings is 1. The van der Waals surface area contributed by atoms with Crippen molar-refractivity contribution in [1.29, 1.82) is 0 Å². The number of para-hydroxylation sites is 1. The highest BCUT2D eigenvalue weighted by Gasteiger charge is 2.29. The van der Waals surface area contributed by atoms with E-state index in [9.17, 15) is 9.90 Å². The summed E-state index contributed by atoms with van der Waals surface area (Å²) in [6, 6.07) is 20.8. The van der Waals surface area contributed by atoms with Crippen molar-refractivity contribution in [2.75, 3.05) is 6.61 Å². The number of aromatic nitrogens is 1. The van der Waals surface area contributed by atoms with Crippen LogP contribution >= 0.6 is 0 Å². The van der Waals surface area contributed by atoms with Gasteiger partial charge in [0.25, 0.3) is 0 Å². The quantitative estimate of drug-likeness (QED) is 0.682. The Kier molecular flexibility index (Phi) is 5.95. The molecule has 0 bridgehead atoms. The van der Waals surface area contributed by atoms with Crippen LogP contribution < -0.4 is 5.32 Å². The van der Waals surface area contributed by atoms with E-state index in [-0.39, 0.29) is 6.61 Å². The fourth-order valence-corrected chi connectivity index (χ4v) is 3.17. The van der Waals surface area contributed by atoms with Crippen molar-refractivity contribution in [2.45, 2.75) is 38.3 Å². The molecule has 0 radical (unpaired) electrons. The maximum Gasteiger partial charge on any atom is 0.408 e. The third kappa shape index (κ3) is 4.87. The summed E-state index contributed by atoms with van der Waals surface area (Å²) in [4.78, 5) is 17.2. The van der Waals surface area contributed by atoms with Crippen LogP contribution in [0.15, 0.2) is 66.7 Å². The average Bonchev–Trinajstić information content (AvgIpc) is 2.67. The number of hydrogen-bond acceptors (Lipinski definition) is 4. The first-order valence-corrected chi connectivity index (χ1v) is 9.38. The summed E-state index contributed by atoms with van der Waals surface area (Å²) >= 11 is 0. The van der Waals surface area contributed by atoms with E-state index < -0.39 is 23.7 Å². The Hall–Kier alpha value is -2.92. The van der Waals surface area contributed by atoms with Gasteiger partial charge >= 0.3 is 6.09 Å². The van der Waals surface area contributed by atoms with Crippen molar-refractivity contribution >= 4 is 17.0 Å². The summed E-state index contributed by atoms with van der Waals surface area (Å²) in [6.07, 6.45) is -0.527. The predicted octanol–water partition coefficient (Wildman–Crippen LogP) is 4.58. The highest BCUT2D eigenvalue weighted by Crippen LogP contribution is 2.31. The summed E-state index contributed by atoms with van der Waals surface area (Å²) in [7, 11) is 0. The number of fused-ring (bicyclic) bond motifs is 1. The van der Waals surface area contributed by atoms with Crippen molar-refractivity contribution in [3.8, 4) is 0 Å². The van der Waals surface area contributed by atoms with Gasteiger partial charge in [0.15, 0.2) is 0 Å². The second-order valence-electron chi connectivity index (χ2n) is 7.75. The molecule has 0 unspecified atom stereocenters. The molecule has 2 N–H and O–H groups in total. The van der Waals surface area contributed by atoms with Crippen LogP contribution in [-0.4, -0.2) is 28.4 Å². The molecule has 0 aliphatic rings. The lowest BCUT2D eigenvalue weighted by atomic mass is 9.90. The Morgan fingerprint density at radius 1 is 1.04 bits per heavy atom. The SMILES string of the molecule is CC(C)(C)OC(=O)N[C@@H](c1ccccc1)[C@H](CO)c1ccc2ccccc2n1. The van der Waals surface area contributed by atoms with Crippen LogP contribution in [0.5, 0.6) is 0 Å². The van der Waals surface area contributed by atoms with E-state index in [2.05, 4.69) is 5.32 Å². The number of carbonyl (C=O) groups is 1. The summed E-state index contributed by atoms with van der Waals surface area (Å²) in [5.74, 6) is -0.417. The first-order valence-electron chi connectivity index (χ1n) is 9.38. The van der Waals surface area contributed by atoms with Gasteiger partial charge in [0.05, 0.1) is 18.2 Å². The minimum atomic E-state index is -0.610. The standard InChI is InChI=1S/C23H26N2O3/c1-23(2,3)28-22(27)25-21(17-10-5-4-6-11-17)18(15-26)20-14-13-16-9-7-8-12-19(16)24-20/h4-14,18,21,26H,15H2,1-3H3,(H,25,27)/t18-,21+/m1/s1. The first-order chi connectivity index (χ1) is 13.4. The van der Waals surface area contributed by atoms with E-state index in [1.165, 1.54) is 0 Å². The molecule has 1 heterocycles. The number of rotatable bonds is 5. The van der Waals surface area contributed by atoms with Gasteiger partial charge in [0.1, 0.15) is 5.60 Å². The zero-order valence-corrected chi connectivity index (χ0v) is 16.4. The third-order valence-electron chi connectivity index (χ3n) is 4.43. The summed E-state index contributed by atoms with van der Waals surface area (Å²) in [5, 5.41) is 14.2. The zero-order chi connectivity index (χ0) is 20.1. The van der Waals surface area contributed by atoms with Gasteiger partial charge < -0.3 is 15.2 Å². The zero-order valence-electron chi connectivity index (χ0n) is 16.4. The fourth-order valence-electron chi connectivity index (χ4n) is 3.17. The number of alkyl carbamates (subject to hydrolysis) is 1. The fraction of sp³-hybridized carbons (Fsp3) is 0.304. The molecule has 146 valence electrons. The van der Waals surface area contributed by atoms with Crippen molar-refractivity contribution < 1.29 is 14.6 Å². The molecule has 3 aromatic rings. The lowest BCUT2D eigenvalue weighted by Crippen LogP contribution is -2.38. The predicted molar refractivity (Wildman–Crippen MR) is 110 cm³/mol. The second kappa shape index (κ2) is 8.40. The van der Waals surface area contributed by atoms with Crippen LogP contribution in [0.25, 0.3) is 10.9 Å². The van der Waals surface area contributed by atoms with Crippen LogP contribution in [0.4, 0.5) is 4.79 Å².